The number of rotatable bonds is 3. The molecule has 164 valence electrons. The molecular formula is C24H24FN5O2. The molecule has 3 aromatic rings. The summed E-state index contributed by atoms with van der Waals surface area (Å²) in [4.78, 5) is 33.6. The lowest BCUT2D eigenvalue weighted by Crippen LogP contribution is -2.54. The van der Waals surface area contributed by atoms with Gasteiger partial charge in [0.1, 0.15) is 11.6 Å². The third-order valence-electron chi connectivity index (χ3n) is 6.50. The van der Waals surface area contributed by atoms with Crippen LogP contribution in [0.2, 0.25) is 0 Å². The molecule has 1 fully saturated rings. The van der Waals surface area contributed by atoms with Gasteiger partial charge in [-0.05, 0) is 49.6 Å². The molecule has 0 atom stereocenters. The lowest BCUT2D eigenvalue weighted by Gasteiger charge is -2.46. The van der Waals surface area contributed by atoms with Crippen molar-refractivity contribution in [1.82, 2.24) is 19.7 Å². The van der Waals surface area contributed by atoms with E-state index in [4.69, 9.17) is 5.10 Å². The maximum absolute atomic E-state index is 14.1. The number of hydrogen-bond acceptors (Lipinski definition) is 4. The van der Waals surface area contributed by atoms with E-state index >= 15 is 0 Å². The van der Waals surface area contributed by atoms with Gasteiger partial charge in [0.05, 0.1) is 29.8 Å². The monoisotopic (exact) mass is 433 g/mol. The minimum atomic E-state index is -0.512. The van der Waals surface area contributed by atoms with Crippen LogP contribution in [0.5, 0.6) is 0 Å². The molecule has 0 unspecified atom stereocenters. The summed E-state index contributed by atoms with van der Waals surface area (Å²) in [6.07, 6.45) is 4.95. The fraction of sp³-hybridized carbons (Fsp3) is 0.333. The molecule has 32 heavy (non-hydrogen) atoms. The zero-order chi connectivity index (χ0) is 22.3. The van der Waals surface area contributed by atoms with E-state index < -0.39 is 11.4 Å². The van der Waals surface area contributed by atoms with E-state index in [0.29, 0.717) is 38.9 Å². The Kier molecular flexibility index (Phi) is 5.00. The molecule has 0 saturated carbocycles. The van der Waals surface area contributed by atoms with Gasteiger partial charge in [-0.25, -0.2) is 9.07 Å². The van der Waals surface area contributed by atoms with Crippen LogP contribution in [-0.4, -0.2) is 44.6 Å². The van der Waals surface area contributed by atoms with Crippen LogP contribution in [0.15, 0.2) is 54.9 Å². The van der Waals surface area contributed by atoms with Crippen LogP contribution in [-0.2, 0) is 16.9 Å². The van der Waals surface area contributed by atoms with Gasteiger partial charge in [0.25, 0.3) is 5.91 Å². The van der Waals surface area contributed by atoms with E-state index in [1.54, 1.807) is 34.3 Å². The van der Waals surface area contributed by atoms with E-state index in [-0.39, 0.29) is 17.4 Å². The summed E-state index contributed by atoms with van der Waals surface area (Å²) in [6, 6.07) is 11.8. The van der Waals surface area contributed by atoms with Crippen LogP contribution >= 0.6 is 0 Å². The maximum Gasteiger partial charge on any atom is 0.256 e. The topological polar surface area (TPSA) is 71.3 Å². The lowest BCUT2D eigenvalue weighted by atomic mass is 9.82. The standard InChI is InChI=1S/C24H24FN5O2/c1-17-14-21-29(16-18-6-10-26-11-7-18)22(31)15-24(30(21)27-17)8-12-28(13-9-24)23(32)19-4-2-3-5-20(19)25/h2-7,10-11,14H,8-9,12-13,15-16H2,1H3. The number of carbonyl (C=O) groups excluding carboxylic acids is 2. The summed E-state index contributed by atoms with van der Waals surface area (Å²) in [5.41, 5.74) is 1.46. The molecule has 7 nitrogen and oxygen atoms in total. The van der Waals surface area contributed by atoms with Gasteiger partial charge in [-0.2, -0.15) is 5.10 Å². The Hall–Kier alpha value is -3.55. The van der Waals surface area contributed by atoms with Gasteiger partial charge >= 0.3 is 0 Å². The van der Waals surface area contributed by atoms with E-state index in [1.807, 2.05) is 29.8 Å². The van der Waals surface area contributed by atoms with Crippen molar-refractivity contribution < 1.29 is 14.0 Å². The number of piperidine rings is 1. The van der Waals surface area contributed by atoms with Crippen LogP contribution in [0, 0.1) is 12.7 Å². The van der Waals surface area contributed by atoms with E-state index in [1.165, 1.54) is 12.1 Å². The summed E-state index contributed by atoms with van der Waals surface area (Å²) in [5, 5.41) is 4.74. The van der Waals surface area contributed by atoms with E-state index in [0.717, 1.165) is 17.1 Å². The second kappa shape index (κ2) is 7.85. The molecule has 0 radical (unpaired) electrons. The minimum Gasteiger partial charge on any atom is -0.338 e. The van der Waals surface area contributed by atoms with Crippen molar-refractivity contribution in [2.45, 2.75) is 38.3 Å². The molecule has 8 heteroatoms. The molecule has 0 aliphatic carbocycles. The largest absolute Gasteiger partial charge is 0.338 e. The van der Waals surface area contributed by atoms with Crippen LogP contribution in [0.4, 0.5) is 10.2 Å². The van der Waals surface area contributed by atoms with Crippen molar-refractivity contribution >= 4 is 17.6 Å². The van der Waals surface area contributed by atoms with Crippen molar-refractivity contribution in [3.8, 4) is 0 Å². The number of aromatic nitrogens is 3. The molecule has 1 aromatic carbocycles. The summed E-state index contributed by atoms with van der Waals surface area (Å²) >= 11 is 0. The Morgan fingerprint density at radius 2 is 1.84 bits per heavy atom. The number of carbonyl (C=O) groups is 2. The Bertz CT molecular complexity index is 1170. The first-order valence-electron chi connectivity index (χ1n) is 10.8. The highest BCUT2D eigenvalue weighted by atomic mass is 19.1. The predicted molar refractivity (Wildman–Crippen MR) is 117 cm³/mol. The highest BCUT2D eigenvalue weighted by Gasteiger charge is 2.46. The number of benzene rings is 1. The summed E-state index contributed by atoms with van der Waals surface area (Å²) in [7, 11) is 0. The van der Waals surface area contributed by atoms with E-state index in [2.05, 4.69) is 4.98 Å². The van der Waals surface area contributed by atoms with Crippen LogP contribution in [0.3, 0.4) is 0 Å². The molecule has 2 aromatic heterocycles. The number of pyridine rings is 1. The van der Waals surface area contributed by atoms with Gasteiger partial charge in [0, 0.05) is 31.5 Å². The molecular weight excluding hydrogens is 409 g/mol. The Morgan fingerprint density at radius 3 is 2.56 bits per heavy atom. The SMILES string of the molecule is Cc1cc2n(n1)C1(CCN(C(=O)c3ccccc3F)CC1)CC(=O)N2Cc1ccncc1. The van der Waals surface area contributed by atoms with Crippen molar-refractivity contribution in [3.63, 3.8) is 0 Å². The average molecular weight is 433 g/mol. The zero-order valence-corrected chi connectivity index (χ0v) is 17.9. The van der Waals surface area contributed by atoms with Gasteiger partial charge in [0.2, 0.25) is 5.91 Å². The highest BCUT2D eigenvalue weighted by molar-refractivity contribution is 5.95. The lowest BCUT2D eigenvalue weighted by molar-refractivity contribution is -0.123. The van der Waals surface area contributed by atoms with Crippen LogP contribution in [0.25, 0.3) is 0 Å². The number of hydrogen-bond donors (Lipinski definition) is 0. The van der Waals surface area contributed by atoms with E-state index in [9.17, 15) is 14.0 Å². The number of aryl methyl sites for hydroxylation is 1. The average Bonchev–Trinajstić information content (AvgIpc) is 3.20. The Morgan fingerprint density at radius 1 is 1.12 bits per heavy atom. The number of fused-ring (bicyclic) bond motifs is 2. The van der Waals surface area contributed by atoms with Crippen molar-refractivity contribution in [2.75, 3.05) is 18.0 Å². The molecule has 2 aliphatic rings. The van der Waals surface area contributed by atoms with Gasteiger partial charge < -0.3 is 4.90 Å². The van der Waals surface area contributed by atoms with Crippen LogP contribution < -0.4 is 4.90 Å². The van der Waals surface area contributed by atoms with Gasteiger partial charge in [0.15, 0.2) is 0 Å². The zero-order valence-electron chi connectivity index (χ0n) is 17.9. The molecule has 1 saturated heterocycles. The summed E-state index contributed by atoms with van der Waals surface area (Å²) in [6.45, 7) is 3.28. The molecule has 2 amide bonds. The fourth-order valence-electron chi connectivity index (χ4n) is 4.77. The molecule has 4 heterocycles. The first-order valence-corrected chi connectivity index (χ1v) is 10.8. The number of amides is 2. The van der Waals surface area contributed by atoms with Crippen LogP contribution in [0.1, 0.15) is 40.9 Å². The van der Waals surface area contributed by atoms with Crippen molar-refractivity contribution in [2.24, 2.45) is 0 Å². The fourth-order valence-corrected chi connectivity index (χ4v) is 4.77. The van der Waals surface area contributed by atoms with Gasteiger partial charge in [-0.15, -0.1) is 0 Å². The first-order chi connectivity index (χ1) is 15.5. The van der Waals surface area contributed by atoms with Crippen molar-refractivity contribution in [3.05, 3.63) is 77.5 Å². The minimum absolute atomic E-state index is 0.0445. The Labute approximate surface area is 185 Å². The molecule has 2 aliphatic heterocycles. The predicted octanol–water partition coefficient (Wildman–Crippen LogP) is 3.29. The summed E-state index contributed by atoms with van der Waals surface area (Å²) in [5.74, 6) is 0.00572. The summed E-state index contributed by atoms with van der Waals surface area (Å²) < 4.78 is 16.1. The smallest absolute Gasteiger partial charge is 0.256 e. The number of halogens is 1. The highest BCUT2D eigenvalue weighted by Crippen LogP contribution is 2.42. The molecule has 1 spiro atoms. The first kappa shape index (κ1) is 20.4. The van der Waals surface area contributed by atoms with Gasteiger partial charge in [-0.1, -0.05) is 12.1 Å². The normalized spacial score (nSPS) is 17.5. The van der Waals surface area contributed by atoms with Gasteiger partial charge in [-0.3, -0.25) is 19.5 Å². The third-order valence-corrected chi connectivity index (χ3v) is 6.50. The third kappa shape index (κ3) is 3.45. The van der Waals surface area contributed by atoms with Crippen molar-refractivity contribution in [1.29, 1.82) is 0 Å². The number of anilines is 1. The molecule has 5 rings (SSSR count). The maximum atomic E-state index is 14.1. The molecule has 0 bridgehead atoms. The molecule has 0 N–H and O–H groups in total. The second-order valence-electron chi connectivity index (χ2n) is 8.56. The number of nitrogens with zero attached hydrogens (tertiary/aromatic N) is 5. The second-order valence-corrected chi connectivity index (χ2v) is 8.56. The quantitative estimate of drug-likeness (QED) is 0.636. The number of likely N-dealkylation sites (tertiary alicyclic amines) is 1. The Balaban J connectivity index is 1.39.